The summed E-state index contributed by atoms with van der Waals surface area (Å²) in [5.74, 6) is -2.51. The standard InChI is InChI=1S/C11H10FNO4/c1-17-11(16)8(4-10(14)15)2-7-3-9(12)6-13-5-7/h2-3,5-6H,4H2,1H3,(H,14,15)/b8-2+. The van der Waals surface area contributed by atoms with E-state index in [2.05, 4.69) is 9.72 Å². The number of hydrogen-bond acceptors (Lipinski definition) is 4. The molecule has 1 aromatic rings. The van der Waals surface area contributed by atoms with Crippen molar-refractivity contribution < 1.29 is 23.8 Å². The van der Waals surface area contributed by atoms with Crippen LogP contribution in [-0.2, 0) is 14.3 Å². The molecule has 0 aromatic carbocycles. The summed E-state index contributed by atoms with van der Waals surface area (Å²) in [6, 6.07) is 1.14. The summed E-state index contributed by atoms with van der Waals surface area (Å²) < 4.78 is 17.3. The number of pyridine rings is 1. The Morgan fingerprint density at radius 1 is 1.53 bits per heavy atom. The molecule has 0 aliphatic heterocycles. The lowest BCUT2D eigenvalue weighted by Gasteiger charge is -2.02. The highest BCUT2D eigenvalue weighted by Gasteiger charge is 2.13. The Kier molecular flexibility index (Phi) is 4.33. The maximum atomic E-state index is 12.8. The molecule has 1 heterocycles. The highest BCUT2D eigenvalue weighted by atomic mass is 19.1. The Morgan fingerprint density at radius 2 is 2.24 bits per heavy atom. The number of halogens is 1. The number of aromatic nitrogens is 1. The average Bonchev–Trinajstić information content (AvgIpc) is 2.26. The van der Waals surface area contributed by atoms with Gasteiger partial charge in [0.25, 0.3) is 0 Å². The van der Waals surface area contributed by atoms with Gasteiger partial charge < -0.3 is 9.84 Å². The van der Waals surface area contributed by atoms with Crippen LogP contribution in [0.1, 0.15) is 12.0 Å². The molecule has 17 heavy (non-hydrogen) atoms. The van der Waals surface area contributed by atoms with Crippen LogP contribution < -0.4 is 0 Å². The smallest absolute Gasteiger partial charge is 0.334 e. The maximum absolute atomic E-state index is 12.8. The average molecular weight is 239 g/mol. The van der Waals surface area contributed by atoms with Gasteiger partial charge in [0.2, 0.25) is 0 Å². The highest BCUT2D eigenvalue weighted by Crippen LogP contribution is 2.11. The van der Waals surface area contributed by atoms with Crippen LogP contribution in [0.2, 0.25) is 0 Å². The first-order valence-electron chi connectivity index (χ1n) is 4.64. The fourth-order valence-electron chi connectivity index (χ4n) is 1.18. The number of carbonyl (C=O) groups excluding carboxylic acids is 1. The van der Waals surface area contributed by atoms with Crippen molar-refractivity contribution in [2.24, 2.45) is 0 Å². The van der Waals surface area contributed by atoms with E-state index in [9.17, 15) is 14.0 Å². The Bertz CT molecular complexity index is 470. The second-order valence-corrected chi connectivity index (χ2v) is 3.17. The van der Waals surface area contributed by atoms with Gasteiger partial charge in [-0.2, -0.15) is 0 Å². The molecule has 0 saturated heterocycles. The molecular weight excluding hydrogens is 229 g/mol. The minimum Gasteiger partial charge on any atom is -0.481 e. The molecule has 0 unspecified atom stereocenters. The summed E-state index contributed by atoms with van der Waals surface area (Å²) in [4.78, 5) is 25.4. The van der Waals surface area contributed by atoms with Crippen LogP contribution in [0.3, 0.4) is 0 Å². The van der Waals surface area contributed by atoms with Crippen molar-refractivity contribution in [3.63, 3.8) is 0 Å². The number of aliphatic carboxylic acids is 1. The van der Waals surface area contributed by atoms with Crippen LogP contribution in [0.25, 0.3) is 6.08 Å². The first-order chi connectivity index (χ1) is 8.02. The number of carbonyl (C=O) groups is 2. The number of ether oxygens (including phenoxy) is 1. The maximum Gasteiger partial charge on any atom is 0.334 e. The molecule has 1 N–H and O–H groups in total. The van der Waals surface area contributed by atoms with Crippen molar-refractivity contribution in [1.29, 1.82) is 0 Å². The lowest BCUT2D eigenvalue weighted by atomic mass is 10.1. The van der Waals surface area contributed by atoms with E-state index in [-0.39, 0.29) is 5.57 Å². The molecule has 6 heteroatoms. The Balaban J connectivity index is 3.04. The number of rotatable bonds is 4. The summed E-state index contributed by atoms with van der Waals surface area (Å²) in [5, 5.41) is 8.62. The lowest BCUT2D eigenvalue weighted by molar-refractivity contribution is -0.141. The lowest BCUT2D eigenvalue weighted by Crippen LogP contribution is -2.09. The third-order valence-corrected chi connectivity index (χ3v) is 1.86. The van der Waals surface area contributed by atoms with Crippen molar-refractivity contribution in [2.75, 3.05) is 7.11 Å². The summed E-state index contributed by atoms with van der Waals surface area (Å²) >= 11 is 0. The molecule has 0 aliphatic carbocycles. The Morgan fingerprint density at radius 3 is 2.76 bits per heavy atom. The van der Waals surface area contributed by atoms with Crippen LogP contribution >= 0.6 is 0 Å². The third-order valence-electron chi connectivity index (χ3n) is 1.86. The van der Waals surface area contributed by atoms with E-state index in [1.54, 1.807) is 0 Å². The SMILES string of the molecule is COC(=O)/C(=C/c1cncc(F)c1)CC(=O)O. The minimum absolute atomic E-state index is 0.0765. The summed E-state index contributed by atoms with van der Waals surface area (Å²) in [6.07, 6.45) is 3.06. The van der Waals surface area contributed by atoms with Crippen LogP contribution in [0.4, 0.5) is 4.39 Å². The zero-order valence-electron chi connectivity index (χ0n) is 9.01. The molecule has 1 aromatic heterocycles. The first kappa shape index (κ1) is 12.8. The van der Waals surface area contributed by atoms with E-state index in [1.807, 2.05) is 0 Å². The Labute approximate surface area is 96.5 Å². The monoisotopic (exact) mass is 239 g/mol. The molecular formula is C11H10FNO4. The van der Waals surface area contributed by atoms with Crippen LogP contribution in [0, 0.1) is 5.82 Å². The Hall–Kier alpha value is -2.24. The topological polar surface area (TPSA) is 76.5 Å². The van der Waals surface area contributed by atoms with Crippen molar-refractivity contribution in [3.05, 3.63) is 35.4 Å². The van der Waals surface area contributed by atoms with Gasteiger partial charge in [-0.1, -0.05) is 0 Å². The van der Waals surface area contributed by atoms with Crippen molar-refractivity contribution in [2.45, 2.75) is 6.42 Å². The van der Waals surface area contributed by atoms with E-state index in [0.29, 0.717) is 5.56 Å². The summed E-state index contributed by atoms with van der Waals surface area (Å²) in [7, 11) is 1.14. The zero-order valence-corrected chi connectivity index (χ0v) is 9.01. The summed E-state index contributed by atoms with van der Waals surface area (Å²) in [6.45, 7) is 0. The van der Waals surface area contributed by atoms with E-state index in [1.165, 1.54) is 12.3 Å². The number of nitrogens with zero attached hydrogens (tertiary/aromatic N) is 1. The quantitative estimate of drug-likeness (QED) is 0.632. The van der Waals surface area contributed by atoms with Crippen molar-refractivity contribution in [3.8, 4) is 0 Å². The van der Waals surface area contributed by atoms with E-state index >= 15 is 0 Å². The molecule has 0 bridgehead atoms. The number of methoxy groups -OCH3 is 1. The predicted octanol–water partition coefficient (Wildman–Crippen LogP) is 1.25. The second kappa shape index (κ2) is 5.74. The molecule has 0 amide bonds. The molecule has 0 radical (unpaired) electrons. The van der Waals surface area contributed by atoms with Gasteiger partial charge in [-0.05, 0) is 17.7 Å². The van der Waals surface area contributed by atoms with Gasteiger partial charge in [-0.25, -0.2) is 9.18 Å². The third kappa shape index (κ3) is 4.02. The highest BCUT2D eigenvalue weighted by molar-refractivity contribution is 5.97. The minimum atomic E-state index is -1.17. The molecule has 90 valence electrons. The predicted molar refractivity (Wildman–Crippen MR) is 56.4 cm³/mol. The van der Waals surface area contributed by atoms with E-state index in [4.69, 9.17) is 5.11 Å². The van der Waals surface area contributed by atoms with Gasteiger partial charge in [0.05, 0.1) is 19.7 Å². The van der Waals surface area contributed by atoms with Gasteiger partial charge in [0, 0.05) is 11.8 Å². The molecule has 0 aliphatic rings. The van der Waals surface area contributed by atoms with Gasteiger partial charge in [0.15, 0.2) is 0 Å². The summed E-state index contributed by atoms with van der Waals surface area (Å²) in [5.41, 5.74) is 0.221. The molecule has 0 spiro atoms. The molecule has 0 atom stereocenters. The van der Waals surface area contributed by atoms with E-state index < -0.39 is 24.2 Å². The van der Waals surface area contributed by atoms with Crippen LogP contribution in [-0.4, -0.2) is 29.1 Å². The van der Waals surface area contributed by atoms with Gasteiger partial charge >= 0.3 is 11.9 Å². The number of esters is 1. The first-order valence-corrected chi connectivity index (χ1v) is 4.64. The zero-order chi connectivity index (χ0) is 12.8. The van der Waals surface area contributed by atoms with E-state index in [0.717, 1.165) is 19.4 Å². The van der Waals surface area contributed by atoms with Crippen molar-refractivity contribution in [1.82, 2.24) is 4.98 Å². The molecule has 0 saturated carbocycles. The number of hydrogen-bond donors (Lipinski definition) is 1. The van der Waals surface area contributed by atoms with Gasteiger partial charge in [-0.3, -0.25) is 9.78 Å². The van der Waals surface area contributed by atoms with Crippen LogP contribution in [0.5, 0.6) is 0 Å². The van der Waals surface area contributed by atoms with Gasteiger partial charge in [-0.15, -0.1) is 0 Å². The fourth-order valence-corrected chi connectivity index (χ4v) is 1.18. The molecule has 0 fully saturated rings. The number of carboxylic acid groups (broad SMARTS) is 1. The number of carboxylic acids is 1. The molecule has 1 rings (SSSR count). The largest absolute Gasteiger partial charge is 0.481 e. The fraction of sp³-hybridized carbons (Fsp3) is 0.182. The van der Waals surface area contributed by atoms with Gasteiger partial charge in [0.1, 0.15) is 5.82 Å². The second-order valence-electron chi connectivity index (χ2n) is 3.17. The van der Waals surface area contributed by atoms with Crippen molar-refractivity contribution >= 4 is 18.0 Å². The molecule has 5 nitrogen and oxygen atoms in total. The normalized spacial score (nSPS) is 11.1. The van der Waals surface area contributed by atoms with Crippen LogP contribution in [0.15, 0.2) is 24.0 Å².